The molecule has 1 aromatic carbocycles. The predicted octanol–water partition coefficient (Wildman–Crippen LogP) is 3.22. The fourth-order valence-corrected chi connectivity index (χ4v) is 2.34. The molecule has 2 aromatic rings. The molecule has 0 radical (unpaired) electrons. The van der Waals surface area contributed by atoms with Crippen molar-refractivity contribution < 1.29 is 13.9 Å². The molecular formula is C12H9ClO3. The lowest BCUT2D eigenvalue weighted by Gasteiger charge is -2.02. The fraction of sp³-hybridized carbons (Fsp3) is 0.250. The summed E-state index contributed by atoms with van der Waals surface area (Å²) in [5.41, 5.74) is 2.07. The van der Waals surface area contributed by atoms with Crippen LogP contribution in [0.4, 0.5) is 0 Å². The monoisotopic (exact) mass is 236 g/mol. The first-order chi connectivity index (χ1) is 7.70. The molecule has 0 saturated heterocycles. The van der Waals surface area contributed by atoms with Gasteiger partial charge in [-0.25, -0.2) is 0 Å². The molecule has 1 aliphatic rings. The van der Waals surface area contributed by atoms with Crippen LogP contribution in [0.3, 0.4) is 0 Å². The zero-order chi connectivity index (χ0) is 11.3. The van der Waals surface area contributed by atoms with Gasteiger partial charge in [0.25, 0.3) is 0 Å². The molecule has 1 atom stereocenters. The molecule has 0 saturated carbocycles. The Morgan fingerprint density at radius 2 is 2.31 bits per heavy atom. The van der Waals surface area contributed by atoms with Crippen molar-refractivity contribution in [3.8, 4) is 5.75 Å². The van der Waals surface area contributed by atoms with Crippen molar-refractivity contribution in [3.05, 3.63) is 28.5 Å². The molecule has 1 aliphatic heterocycles. The average molecular weight is 237 g/mol. The molecule has 1 aromatic heterocycles. The van der Waals surface area contributed by atoms with E-state index in [1.807, 2.05) is 19.1 Å². The molecule has 3 rings (SSSR count). The molecule has 0 bridgehead atoms. The Bertz CT molecular complexity index is 585. The van der Waals surface area contributed by atoms with E-state index in [1.165, 1.54) is 0 Å². The molecule has 4 heteroatoms. The Labute approximate surface area is 96.9 Å². The van der Waals surface area contributed by atoms with Crippen LogP contribution in [0.25, 0.3) is 11.0 Å². The molecule has 82 valence electrons. The van der Waals surface area contributed by atoms with E-state index < -0.39 is 0 Å². The van der Waals surface area contributed by atoms with Crippen LogP contribution in [-0.4, -0.2) is 12.4 Å². The van der Waals surface area contributed by atoms with Gasteiger partial charge >= 0.3 is 0 Å². The van der Waals surface area contributed by atoms with Crippen LogP contribution in [0.1, 0.15) is 22.8 Å². The smallest absolute Gasteiger partial charge is 0.205 e. The van der Waals surface area contributed by atoms with Gasteiger partial charge in [-0.2, -0.15) is 0 Å². The maximum absolute atomic E-state index is 10.9. The number of rotatable bonds is 1. The second kappa shape index (κ2) is 3.25. The quantitative estimate of drug-likeness (QED) is 0.714. The number of fused-ring (bicyclic) bond motifs is 3. The fourth-order valence-electron chi connectivity index (χ4n) is 2.12. The van der Waals surface area contributed by atoms with Crippen LogP contribution in [0.2, 0.25) is 5.22 Å². The zero-order valence-electron chi connectivity index (χ0n) is 8.62. The van der Waals surface area contributed by atoms with Crippen molar-refractivity contribution in [3.63, 3.8) is 0 Å². The van der Waals surface area contributed by atoms with Gasteiger partial charge in [0.2, 0.25) is 5.22 Å². The summed E-state index contributed by atoms with van der Waals surface area (Å²) in [4.78, 5) is 10.9. The number of ether oxygens (including phenoxy) is 1. The molecule has 0 aliphatic carbocycles. The predicted molar refractivity (Wildman–Crippen MR) is 60.4 cm³/mol. The third-order valence-corrected chi connectivity index (χ3v) is 3.11. The van der Waals surface area contributed by atoms with Gasteiger partial charge in [-0.15, -0.1) is 0 Å². The summed E-state index contributed by atoms with van der Waals surface area (Å²) >= 11 is 5.85. The first kappa shape index (κ1) is 9.73. The van der Waals surface area contributed by atoms with Gasteiger partial charge in [0.15, 0.2) is 17.6 Å². The Morgan fingerprint density at radius 3 is 3.06 bits per heavy atom. The molecule has 0 N–H and O–H groups in total. The van der Waals surface area contributed by atoms with E-state index in [-0.39, 0.29) is 11.3 Å². The highest BCUT2D eigenvalue weighted by atomic mass is 35.5. The minimum atomic E-state index is 0.126. The summed E-state index contributed by atoms with van der Waals surface area (Å²) in [6.07, 6.45) is 1.71. The number of furan rings is 1. The summed E-state index contributed by atoms with van der Waals surface area (Å²) in [5, 5.41) is 0.842. The van der Waals surface area contributed by atoms with E-state index in [2.05, 4.69) is 0 Å². The van der Waals surface area contributed by atoms with Gasteiger partial charge in [-0.3, -0.25) is 4.79 Å². The summed E-state index contributed by atoms with van der Waals surface area (Å²) in [6.45, 7) is 2.00. The van der Waals surface area contributed by atoms with Crippen LogP contribution in [-0.2, 0) is 6.42 Å². The minimum Gasteiger partial charge on any atom is -0.486 e. The van der Waals surface area contributed by atoms with Crippen molar-refractivity contribution in [1.29, 1.82) is 0 Å². The summed E-state index contributed by atoms with van der Waals surface area (Å²) in [6, 6.07) is 3.81. The van der Waals surface area contributed by atoms with Crippen LogP contribution in [0, 0.1) is 0 Å². The highest BCUT2D eigenvalue weighted by molar-refractivity contribution is 6.33. The third kappa shape index (κ3) is 1.18. The summed E-state index contributed by atoms with van der Waals surface area (Å²) in [5.74, 6) is 0.722. The van der Waals surface area contributed by atoms with E-state index in [9.17, 15) is 4.79 Å². The first-order valence-electron chi connectivity index (χ1n) is 5.06. The van der Waals surface area contributed by atoms with Gasteiger partial charge in [-0.1, -0.05) is 6.07 Å². The van der Waals surface area contributed by atoms with Gasteiger partial charge in [0.1, 0.15) is 6.10 Å². The number of halogens is 1. The second-order valence-corrected chi connectivity index (χ2v) is 4.31. The minimum absolute atomic E-state index is 0.126. The number of aldehydes is 1. The normalized spacial score (nSPS) is 18.5. The van der Waals surface area contributed by atoms with E-state index in [0.717, 1.165) is 17.7 Å². The third-order valence-electron chi connectivity index (χ3n) is 2.83. The van der Waals surface area contributed by atoms with Crippen LogP contribution in [0.5, 0.6) is 5.75 Å². The number of carbonyl (C=O) groups is 1. The number of carbonyl (C=O) groups excluding carboxylic acids is 1. The van der Waals surface area contributed by atoms with E-state index in [0.29, 0.717) is 22.8 Å². The Morgan fingerprint density at radius 1 is 1.50 bits per heavy atom. The van der Waals surface area contributed by atoms with Crippen molar-refractivity contribution in [2.45, 2.75) is 19.4 Å². The maximum Gasteiger partial charge on any atom is 0.205 e. The lowest BCUT2D eigenvalue weighted by atomic mass is 10.1. The molecular weight excluding hydrogens is 228 g/mol. The summed E-state index contributed by atoms with van der Waals surface area (Å²) < 4.78 is 11.1. The lowest BCUT2D eigenvalue weighted by molar-refractivity contribution is 0.112. The van der Waals surface area contributed by atoms with Crippen LogP contribution >= 0.6 is 11.6 Å². The number of hydrogen-bond donors (Lipinski definition) is 0. The van der Waals surface area contributed by atoms with Gasteiger partial charge in [-0.05, 0) is 24.6 Å². The lowest BCUT2D eigenvalue weighted by Crippen LogP contribution is -2.05. The van der Waals surface area contributed by atoms with Crippen LogP contribution in [0.15, 0.2) is 16.5 Å². The van der Waals surface area contributed by atoms with E-state index in [4.69, 9.17) is 20.8 Å². The van der Waals surface area contributed by atoms with Gasteiger partial charge in [0.05, 0.1) is 5.56 Å². The molecule has 1 unspecified atom stereocenters. The molecule has 0 spiro atoms. The van der Waals surface area contributed by atoms with E-state index >= 15 is 0 Å². The Balaban J connectivity index is 2.35. The Kier molecular flexibility index (Phi) is 1.98. The highest BCUT2D eigenvalue weighted by Crippen LogP contribution is 2.40. The molecule has 0 fully saturated rings. The number of benzene rings is 1. The zero-order valence-corrected chi connectivity index (χ0v) is 9.38. The molecule has 2 heterocycles. The standard InChI is InChI=1S/C12H9ClO3/c1-6-4-7-2-3-8-9(5-14)12(13)16-11(8)10(7)15-6/h2-3,5-6H,4H2,1H3. The summed E-state index contributed by atoms with van der Waals surface area (Å²) in [7, 11) is 0. The Hall–Kier alpha value is -1.48. The largest absolute Gasteiger partial charge is 0.486 e. The first-order valence-corrected chi connectivity index (χ1v) is 5.44. The highest BCUT2D eigenvalue weighted by Gasteiger charge is 2.25. The average Bonchev–Trinajstić information content (AvgIpc) is 2.76. The molecule has 3 nitrogen and oxygen atoms in total. The topological polar surface area (TPSA) is 39.4 Å². The van der Waals surface area contributed by atoms with Crippen molar-refractivity contribution in [2.24, 2.45) is 0 Å². The maximum atomic E-state index is 10.9. The van der Waals surface area contributed by atoms with Gasteiger partial charge < -0.3 is 9.15 Å². The molecule has 0 amide bonds. The number of hydrogen-bond acceptors (Lipinski definition) is 3. The van der Waals surface area contributed by atoms with Crippen molar-refractivity contribution in [2.75, 3.05) is 0 Å². The van der Waals surface area contributed by atoms with Gasteiger partial charge in [0, 0.05) is 17.4 Å². The van der Waals surface area contributed by atoms with Crippen molar-refractivity contribution >= 4 is 28.9 Å². The SMILES string of the molecule is CC1Cc2ccc3c(C=O)c(Cl)oc3c2O1. The van der Waals surface area contributed by atoms with Crippen LogP contribution < -0.4 is 4.74 Å². The molecule has 16 heavy (non-hydrogen) atoms. The van der Waals surface area contributed by atoms with Crippen molar-refractivity contribution in [1.82, 2.24) is 0 Å². The van der Waals surface area contributed by atoms with E-state index in [1.54, 1.807) is 0 Å². The second-order valence-electron chi connectivity index (χ2n) is 3.97.